The molecular weight excluding hydrogens is 532 g/mol. The van der Waals surface area contributed by atoms with E-state index in [4.69, 9.17) is 0 Å². The van der Waals surface area contributed by atoms with E-state index in [1.165, 1.54) is 29.0 Å². The molecule has 0 aliphatic carbocycles. The number of pyridine rings is 2. The predicted molar refractivity (Wildman–Crippen MR) is 127 cm³/mol. The SMILES string of the molecule is O=C(Nc1ccc(N2CC(O)C2)nc1)c1cc2cc(C(F)(F)F)cnc2n1Cc1ccc(OC(F)(F)F)cc1. The maximum atomic E-state index is 13.3. The Hall–Kier alpha value is -4.33. The van der Waals surface area contributed by atoms with Gasteiger partial charge in [0.15, 0.2) is 0 Å². The van der Waals surface area contributed by atoms with Crippen molar-refractivity contribution in [3.05, 3.63) is 77.7 Å². The van der Waals surface area contributed by atoms with E-state index in [1.807, 2.05) is 4.90 Å². The fourth-order valence-electron chi connectivity index (χ4n) is 4.11. The van der Waals surface area contributed by atoms with Crippen LogP contribution in [0.2, 0.25) is 0 Å². The van der Waals surface area contributed by atoms with E-state index < -0.39 is 35.9 Å². The highest BCUT2D eigenvalue weighted by Crippen LogP contribution is 2.32. The first-order valence-electron chi connectivity index (χ1n) is 11.5. The van der Waals surface area contributed by atoms with Crippen molar-refractivity contribution in [2.24, 2.45) is 0 Å². The molecular formula is C25H19F6N5O3. The van der Waals surface area contributed by atoms with Crippen LogP contribution in [-0.2, 0) is 12.7 Å². The van der Waals surface area contributed by atoms with Gasteiger partial charge >= 0.3 is 12.5 Å². The molecule has 5 rings (SSSR count). The summed E-state index contributed by atoms with van der Waals surface area (Å²) in [5.41, 5.74) is -0.181. The van der Waals surface area contributed by atoms with Gasteiger partial charge in [-0.25, -0.2) is 9.97 Å². The number of carbonyl (C=O) groups is 1. The highest BCUT2D eigenvalue weighted by atomic mass is 19.4. The summed E-state index contributed by atoms with van der Waals surface area (Å²) in [4.78, 5) is 23.2. The number of aliphatic hydroxyl groups excluding tert-OH is 1. The Morgan fingerprint density at radius 2 is 1.72 bits per heavy atom. The minimum atomic E-state index is -4.87. The molecule has 204 valence electrons. The van der Waals surface area contributed by atoms with Gasteiger partial charge in [0.05, 0.1) is 23.6 Å². The molecule has 4 heterocycles. The first kappa shape index (κ1) is 26.3. The van der Waals surface area contributed by atoms with Crippen molar-refractivity contribution in [1.29, 1.82) is 0 Å². The van der Waals surface area contributed by atoms with Crippen LogP contribution in [0.25, 0.3) is 11.0 Å². The Morgan fingerprint density at radius 1 is 1.00 bits per heavy atom. The molecule has 3 aromatic heterocycles. The summed E-state index contributed by atoms with van der Waals surface area (Å²) in [7, 11) is 0. The van der Waals surface area contributed by atoms with Gasteiger partial charge in [0, 0.05) is 31.2 Å². The summed E-state index contributed by atoms with van der Waals surface area (Å²) >= 11 is 0. The fourth-order valence-corrected chi connectivity index (χ4v) is 4.11. The summed E-state index contributed by atoms with van der Waals surface area (Å²) in [5, 5.41) is 12.1. The Morgan fingerprint density at radius 3 is 2.31 bits per heavy atom. The second-order valence-electron chi connectivity index (χ2n) is 8.86. The zero-order valence-corrected chi connectivity index (χ0v) is 19.8. The average molecular weight is 551 g/mol. The molecule has 0 bridgehead atoms. The molecule has 1 fully saturated rings. The first-order chi connectivity index (χ1) is 18.4. The van der Waals surface area contributed by atoms with E-state index in [0.717, 1.165) is 18.2 Å². The predicted octanol–water partition coefficient (Wildman–Crippen LogP) is 4.83. The molecule has 1 aromatic carbocycles. The number of ether oxygens (including phenoxy) is 1. The number of hydrogen-bond acceptors (Lipinski definition) is 6. The van der Waals surface area contributed by atoms with Crippen molar-refractivity contribution in [2.75, 3.05) is 23.3 Å². The summed E-state index contributed by atoms with van der Waals surface area (Å²) in [6.07, 6.45) is -7.89. The number of fused-ring (bicyclic) bond motifs is 1. The molecule has 4 aromatic rings. The van der Waals surface area contributed by atoms with E-state index in [1.54, 1.807) is 12.1 Å². The van der Waals surface area contributed by atoms with Crippen LogP contribution in [-0.4, -0.2) is 51.1 Å². The third kappa shape index (κ3) is 5.90. The summed E-state index contributed by atoms with van der Waals surface area (Å²) in [6.45, 7) is 0.801. The first-order valence-corrected chi connectivity index (χ1v) is 11.5. The third-order valence-corrected chi connectivity index (χ3v) is 5.98. The maximum Gasteiger partial charge on any atom is 0.573 e. The van der Waals surface area contributed by atoms with E-state index in [9.17, 15) is 36.2 Å². The lowest BCUT2D eigenvalue weighted by atomic mass is 10.2. The second kappa shape index (κ2) is 9.76. The van der Waals surface area contributed by atoms with Crippen LogP contribution < -0.4 is 15.0 Å². The Bertz CT molecular complexity index is 1490. The molecule has 1 aliphatic rings. The molecule has 14 heteroatoms. The Labute approximate surface area is 216 Å². The van der Waals surface area contributed by atoms with Crippen molar-refractivity contribution >= 4 is 28.4 Å². The molecule has 1 aliphatic heterocycles. The van der Waals surface area contributed by atoms with Gasteiger partial charge in [0.1, 0.15) is 22.9 Å². The number of hydrogen-bond donors (Lipinski definition) is 2. The minimum Gasteiger partial charge on any atom is -0.406 e. The molecule has 0 radical (unpaired) electrons. The van der Waals surface area contributed by atoms with Crippen LogP contribution >= 0.6 is 0 Å². The lowest BCUT2D eigenvalue weighted by Crippen LogP contribution is -2.51. The number of alkyl halides is 6. The highest BCUT2D eigenvalue weighted by Gasteiger charge is 2.32. The smallest absolute Gasteiger partial charge is 0.406 e. The number of aromatic nitrogens is 3. The van der Waals surface area contributed by atoms with Gasteiger partial charge in [-0.1, -0.05) is 12.1 Å². The largest absolute Gasteiger partial charge is 0.573 e. The zero-order chi connectivity index (χ0) is 27.9. The monoisotopic (exact) mass is 551 g/mol. The normalized spacial score (nSPS) is 14.4. The van der Waals surface area contributed by atoms with Crippen molar-refractivity contribution in [3.8, 4) is 5.75 Å². The topological polar surface area (TPSA) is 92.5 Å². The van der Waals surface area contributed by atoms with Crippen LogP contribution in [0.15, 0.2) is 60.9 Å². The van der Waals surface area contributed by atoms with Gasteiger partial charge in [-0.05, 0) is 42.0 Å². The molecule has 2 N–H and O–H groups in total. The van der Waals surface area contributed by atoms with Gasteiger partial charge in [-0.2, -0.15) is 13.2 Å². The van der Waals surface area contributed by atoms with Gasteiger partial charge in [-0.3, -0.25) is 4.79 Å². The number of nitrogens with one attached hydrogen (secondary N) is 1. The lowest BCUT2D eigenvalue weighted by Gasteiger charge is -2.36. The second-order valence-corrected chi connectivity index (χ2v) is 8.86. The number of anilines is 2. The number of benzene rings is 1. The van der Waals surface area contributed by atoms with Crippen LogP contribution in [0.1, 0.15) is 21.6 Å². The van der Waals surface area contributed by atoms with Crippen LogP contribution in [0.4, 0.5) is 37.8 Å². The van der Waals surface area contributed by atoms with Crippen molar-refractivity contribution < 1.29 is 41.0 Å². The van der Waals surface area contributed by atoms with Crippen molar-refractivity contribution in [1.82, 2.24) is 14.5 Å². The lowest BCUT2D eigenvalue weighted by molar-refractivity contribution is -0.274. The number of aliphatic hydroxyl groups is 1. The maximum absolute atomic E-state index is 13.3. The molecule has 0 unspecified atom stereocenters. The number of β-amino-alcohol motifs (C(OH)–C–C–N with tert-alkyl or cyclic N) is 1. The van der Waals surface area contributed by atoms with E-state index in [2.05, 4.69) is 20.0 Å². The average Bonchev–Trinajstić information content (AvgIpc) is 3.20. The van der Waals surface area contributed by atoms with Crippen molar-refractivity contribution in [3.63, 3.8) is 0 Å². The van der Waals surface area contributed by atoms with E-state index in [-0.39, 0.29) is 23.3 Å². The summed E-state index contributed by atoms with van der Waals surface area (Å²) < 4.78 is 82.5. The Balaban J connectivity index is 1.44. The zero-order valence-electron chi connectivity index (χ0n) is 19.8. The summed E-state index contributed by atoms with van der Waals surface area (Å²) in [6, 6.07) is 10.2. The van der Waals surface area contributed by atoms with E-state index >= 15 is 0 Å². The molecule has 1 amide bonds. The Kier molecular flexibility index (Phi) is 6.58. The van der Waals surface area contributed by atoms with Gasteiger partial charge < -0.3 is 24.6 Å². The number of carbonyl (C=O) groups excluding carboxylic acids is 1. The van der Waals surface area contributed by atoms with Gasteiger partial charge in [0.2, 0.25) is 0 Å². The van der Waals surface area contributed by atoms with Gasteiger partial charge in [0.25, 0.3) is 5.91 Å². The van der Waals surface area contributed by atoms with Crippen LogP contribution in [0, 0.1) is 0 Å². The molecule has 0 saturated carbocycles. The molecule has 8 nitrogen and oxygen atoms in total. The minimum absolute atomic E-state index is 0.0256. The number of rotatable bonds is 6. The molecule has 1 saturated heterocycles. The standard InChI is InChI=1S/C25H19F6N5O3/c26-24(27,28)16-7-15-8-20(23(38)34-17-3-6-21(32-10-17)35-12-18(37)13-35)36(22(15)33-9-16)11-14-1-4-19(5-2-14)39-25(29,30)31/h1-10,18,37H,11-13H2,(H,34,38). The van der Waals surface area contributed by atoms with Crippen molar-refractivity contribution in [2.45, 2.75) is 25.2 Å². The molecule has 0 atom stereocenters. The quantitative estimate of drug-likeness (QED) is 0.334. The number of nitrogens with zero attached hydrogens (tertiary/aromatic N) is 4. The van der Waals surface area contributed by atoms with Crippen LogP contribution in [0.3, 0.4) is 0 Å². The number of amides is 1. The number of halogens is 6. The van der Waals surface area contributed by atoms with Crippen LogP contribution in [0.5, 0.6) is 5.75 Å². The highest BCUT2D eigenvalue weighted by molar-refractivity contribution is 6.06. The molecule has 0 spiro atoms. The third-order valence-electron chi connectivity index (χ3n) is 5.98. The van der Waals surface area contributed by atoms with Gasteiger partial charge in [-0.15, -0.1) is 13.2 Å². The van der Waals surface area contributed by atoms with E-state index in [0.29, 0.717) is 36.4 Å². The fraction of sp³-hybridized carbons (Fsp3) is 0.240. The molecule has 39 heavy (non-hydrogen) atoms. The summed E-state index contributed by atoms with van der Waals surface area (Å²) in [5.74, 6) is -0.500.